The van der Waals surface area contributed by atoms with Crippen molar-refractivity contribution in [2.75, 3.05) is 160 Å². The Hall–Kier alpha value is -10.5. The van der Waals surface area contributed by atoms with Gasteiger partial charge in [-0.1, -0.05) is 272 Å². The molecule has 2 N–H and O–H groups in total. The first-order valence-corrected chi connectivity index (χ1v) is 52.4. The second-order valence-corrected chi connectivity index (χ2v) is 38.8. The molecular weight excluding hydrogens is 1810 g/mol. The van der Waals surface area contributed by atoms with Crippen molar-refractivity contribution < 1.29 is 109 Å². The summed E-state index contributed by atoms with van der Waals surface area (Å²) >= 11 is 0. The molecule has 2 heterocycles. The van der Waals surface area contributed by atoms with Gasteiger partial charge in [-0.15, -0.1) is 0 Å². The number of nitrogens with one attached hydrogen (secondary N) is 2. The normalized spacial score (nSPS) is 12.7. The van der Waals surface area contributed by atoms with Gasteiger partial charge >= 0.3 is 0 Å². The van der Waals surface area contributed by atoms with Crippen LogP contribution in [0.1, 0.15) is 328 Å². The van der Waals surface area contributed by atoms with E-state index in [2.05, 4.69) is 73.2 Å². The summed E-state index contributed by atoms with van der Waals surface area (Å²) in [5.74, 6) is -2.76. The number of rotatable bonds is 74. The van der Waals surface area contributed by atoms with Gasteiger partial charge < -0.3 is 80.5 Å². The van der Waals surface area contributed by atoms with Crippen LogP contribution in [0.15, 0.2) is 109 Å². The number of carbonyl (C=O) groups is 6. The van der Waals surface area contributed by atoms with E-state index in [0.29, 0.717) is 145 Å². The highest BCUT2D eigenvalue weighted by atomic mass is 16.6. The summed E-state index contributed by atoms with van der Waals surface area (Å²) in [6, 6.07) is 31.3. The highest BCUT2D eigenvalue weighted by Crippen LogP contribution is 2.54. The third-order valence-corrected chi connectivity index (χ3v) is 25.8. The molecule has 0 atom stereocenters. The van der Waals surface area contributed by atoms with Crippen LogP contribution in [-0.2, 0) is 53.5 Å². The van der Waals surface area contributed by atoms with Gasteiger partial charge in [0.25, 0.3) is 35.4 Å². The van der Waals surface area contributed by atoms with E-state index >= 15 is 28.8 Å². The van der Waals surface area contributed by atoms with Gasteiger partial charge in [-0.2, -0.15) is 10.0 Å². The van der Waals surface area contributed by atoms with Gasteiger partial charge in [0.15, 0.2) is 23.0 Å². The minimum absolute atomic E-state index is 0.00299. The van der Waals surface area contributed by atoms with Gasteiger partial charge in [0, 0.05) is 64.8 Å². The fourth-order valence-corrected chi connectivity index (χ4v) is 17.8. The molecule has 142 heavy (non-hydrogen) atoms. The second kappa shape index (κ2) is 59.7. The van der Waals surface area contributed by atoms with Crippen LogP contribution >= 0.6 is 0 Å². The van der Waals surface area contributed by atoms with Crippen LogP contribution in [0.4, 0.5) is 0 Å². The first-order valence-electron chi connectivity index (χ1n) is 52.4. The number of hydrogen-bond donors (Lipinski definition) is 2. The number of nitrogens with zero attached hydrogens (tertiary/aromatic N) is 2. The number of ether oxygens (including phenoxy) is 17. The summed E-state index contributed by atoms with van der Waals surface area (Å²) in [5, 5.41) is 4.48. The van der Waals surface area contributed by atoms with Gasteiger partial charge in [-0.05, 0) is 125 Å². The molecule has 9 aromatic rings. The Balaban J connectivity index is 0.980. The first-order chi connectivity index (χ1) is 69.1. The summed E-state index contributed by atoms with van der Waals surface area (Å²) < 4.78 is 104. The number of fused-ring (bicyclic) bond motifs is 2. The third kappa shape index (κ3) is 32.8. The molecule has 9 aromatic carbocycles. The Kier molecular flexibility index (Phi) is 47.0. The summed E-state index contributed by atoms with van der Waals surface area (Å²) in [6.45, 7) is 24.9. The Bertz CT molecular complexity index is 5120. The molecule has 0 radical (unpaired) electrons. The van der Waals surface area contributed by atoms with E-state index in [1.165, 1.54) is 134 Å². The lowest BCUT2D eigenvalue weighted by molar-refractivity contribution is 0.0146. The van der Waals surface area contributed by atoms with Gasteiger partial charge in [-0.3, -0.25) is 39.6 Å². The van der Waals surface area contributed by atoms with Crippen molar-refractivity contribution in [2.45, 2.75) is 266 Å². The van der Waals surface area contributed by atoms with Crippen LogP contribution in [0.25, 0.3) is 43.1 Å². The van der Waals surface area contributed by atoms with Gasteiger partial charge in [0.05, 0.1) is 141 Å². The van der Waals surface area contributed by atoms with Crippen LogP contribution in [0.2, 0.25) is 0 Å². The molecule has 6 amide bonds. The topological polar surface area (TPSA) is 290 Å². The predicted molar refractivity (Wildman–Crippen MR) is 556 cm³/mol. The molecular formula is C115H158N4O23. The first kappa shape index (κ1) is 112. The number of benzene rings is 9. The largest absolute Gasteiger partial charge is 0.490 e. The van der Waals surface area contributed by atoms with E-state index in [4.69, 9.17) is 80.5 Å². The monoisotopic (exact) mass is 1960 g/mol. The van der Waals surface area contributed by atoms with E-state index in [1.54, 1.807) is 69.9 Å². The zero-order valence-corrected chi connectivity index (χ0v) is 86.7. The quantitative estimate of drug-likeness (QED) is 0.0155. The fourth-order valence-electron chi connectivity index (χ4n) is 17.8. The number of imide groups is 2. The fraction of sp³-hybridized carbons (Fsp3) is 0.565. The SMILES string of the molecule is CCCCCCCCCCCCOc1cc(C(=O)NN2C(=O)c3ccc4c5c(Oc6ccc(C(C)(C)C)cc6)cc6c7c(ccc(c8c(Oc9ccc(C(C)(C)C)cc9)cc(c3c48)C2=O)c75)C(=O)N(NC(=O)c2cc(OCCOCCOCCOC)c(OCCOCCOCCOC)c(OCCOCCOCCOC)c2)C6=O)cc(OCCCCCCCCCCCC)c1OCCCCCCCCCCCC. The summed E-state index contributed by atoms with van der Waals surface area (Å²) in [4.78, 5) is 95.1. The van der Waals surface area contributed by atoms with Crippen LogP contribution in [0.5, 0.6) is 57.5 Å². The lowest BCUT2D eigenvalue weighted by atomic mass is 9.81. The molecule has 2 aliphatic rings. The molecule has 776 valence electrons. The highest BCUT2D eigenvalue weighted by Gasteiger charge is 2.42. The number of hydrazine groups is 2. The average molecular weight is 1960 g/mol. The van der Waals surface area contributed by atoms with Crippen LogP contribution in [0, 0.1) is 0 Å². The number of unbranched alkanes of at least 4 members (excludes halogenated alkanes) is 27. The second-order valence-electron chi connectivity index (χ2n) is 38.8. The van der Waals surface area contributed by atoms with E-state index in [9.17, 15) is 0 Å². The van der Waals surface area contributed by atoms with Gasteiger partial charge in [-0.25, -0.2) is 0 Å². The molecule has 11 rings (SSSR count). The molecule has 0 aromatic heterocycles. The number of hydrogen-bond acceptors (Lipinski definition) is 23. The third-order valence-electron chi connectivity index (χ3n) is 25.8. The van der Waals surface area contributed by atoms with Crippen molar-refractivity contribution in [3.8, 4) is 57.5 Å². The maximum absolute atomic E-state index is 16.2. The molecule has 27 heteroatoms. The minimum atomic E-state index is -0.916. The van der Waals surface area contributed by atoms with Crippen molar-refractivity contribution in [1.82, 2.24) is 20.9 Å². The zero-order chi connectivity index (χ0) is 101. The Morgan fingerprint density at radius 3 is 0.810 bits per heavy atom. The van der Waals surface area contributed by atoms with Crippen LogP contribution in [-0.4, -0.2) is 206 Å². The molecule has 0 saturated heterocycles. The Morgan fingerprint density at radius 2 is 0.514 bits per heavy atom. The summed E-state index contributed by atoms with van der Waals surface area (Å²) in [6.07, 6.45) is 34.4. The lowest BCUT2D eigenvalue weighted by Crippen LogP contribution is -2.51. The van der Waals surface area contributed by atoms with Crippen molar-refractivity contribution in [2.24, 2.45) is 0 Å². The molecule has 2 aliphatic heterocycles. The molecule has 0 fully saturated rings. The number of carbonyl (C=O) groups excluding carboxylic acids is 6. The van der Waals surface area contributed by atoms with Crippen molar-refractivity contribution in [3.63, 3.8) is 0 Å². The minimum Gasteiger partial charge on any atom is -0.490 e. The Labute approximate surface area is 841 Å². The molecule has 0 aliphatic carbocycles. The molecule has 0 bridgehead atoms. The smallest absolute Gasteiger partial charge is 0.280 e. The average Bonchev–Trinajstić information content (AvgIpc) is 0.678. The number of amides is 6. The summed E-state index contributed by atoms with van der Waals surface area (Å²) in [5.41, 5.74) is 7.10. The maximum Gasteiger partial charge on any atom is 0.280 e. The van der Waals surface area contributed by atoms with E-state index in [-0.39, 0.29) is 143 Å². The lowest BCUT2D eigenvalue weighted by Gasteiger charge is -2.31. The predicted octanol–water partition coefficient (Wildman–Crippen LogP) is 24.9. The summed E-state index contributed by atoms with van der Waals surface area (Å²) in [7, 11) is 4.78. The highest BCUT2D eigenvalue weighted by molar-refractivity contribution is 6.43. The molecule has 0 unspecified atom stereocenters. The zero-order valence-electron chi connectivity index (χ0n) is 86.7. The van der Waals surface area contributed by atoms with E-state index < -0.39 is 35.4 Å². The van der Waals surface area contributed by atoms with Crippen molar-refractivity contribution >= 4 is 78.5 Å². The molecule has 0 spiro atoms. The van der Waals surface area contributed by atoms with E-state index in [1.807, 2.05) is 48.5 Å². The van der Waals surface area contributed by atoms with Crippen molar-refractivity contribution in [1.29, 1.82) is 0 Å². The number of methoxy groups -OCH3 is 3. The van der Waals surface area contributed by atoms with Crippen LogP contribution < -0.4 is 48.7 Å². The van der Waals surface area contributed by atoms with Gasteiger partial charge in [0.2, 0.25) is 11.5 Å². The van der Waals surface area contributed by atoms with Crippen LogP contribution in [0.3, 0.4) is 0 Å². The van der Waals surface area contributed by atoms with Crippen molar-refractivity contribution in [3.05, 3.63) is 154 Å². The maximum atomic E-state index is 16.2. The molecule has 27 nitrogen and oxygen atoms in total. The van der Waals surface area contributed by atoms with Gasteiger partial charge in [0.1, 0.15) is 42.8 Å². The Morgan fingerprint density at radius 1 is 0.261 bits per heavy atom. The standard InChI is InChI=1S/C115H158N4O23/c1-13-16-19-22-25-28-31-34-37-40-55-135-96-76-82(77-97(136-56-41-38-35-32-29-26-23-20-17-14-2)106(96)139-57-42-39-36-33-30-27-24-21-18-15-3)108(120)116-118-110(122)90-53-51-88-103-95(142-87-49-45-85(46-50-87)115(7,8)9)81-93-101-91(54-52-89(105(101)103)102-94(80-92(112(118)124)100(90)104(88)102)141-86-47-43-84(44-48-86)114(4,5)6)111(123)119(113(93)125)117-109(121)83-78-98(137-73-70-132-67-64-129-61-58-126-10)107(140-75-72-134-69-66-131-63-60-128-12)99(79-83)138-74-71-133-68-65-130-62-59-127-11/h43-54,76-81H,13-42,55-75H2,1-12H3,(H,116,120)(H,117,121). The van der Waals surface area contributed by atoms with E-state index in [0.717, 1.165) is 86.8 Å². The molecule has 0 saturated carbocycles.